The second kappa shape index (κ2) is 10.8. The van der Waals surface area contributed by atoms with Crippen molar-refractivity contribution in [3.05, 3.63) is 65.9 Å². The fourth-order valence-corrected chi connectivity index (χ4v) is 3.97. The predicted octanol–water partition coefficient (Wildman–Crippen LogP) is 6.26. The van der Waals surface area contributed by atoms with Crippen molar-refractivity contribution in [3.8, 4) is 15.6 Å². The van der Waals surface area contributed by atoms with Crippen LogP contribution in [0.25, 0.3) is 10.6 Å². The Kier molecular flexibility index (Phi) is 7.82. The van der Waals surface area contributed by atoms with E-state index in [1.54, 1.807) is 6.20 Å². The second-order valence-corrected chi connectivity index (χ2v) is 8.14. The Bertz CT molecular complexity index is 919. The highest BCUT2D eigenvalue weighted by molar-refractivity contribution is 7.16. The van der Waals surface area contributed by atoms with Crippen LogP contribution in [0.3, 0.4) is 0 Å². The van der Waals surface area contributed by atoms with E-state index in [0.29, 0.717) is 5.06 Å². The molecule has 5 heteroatoms. The van der Waals surface area contributed by atoms with Crippen molar-refractivity contribution in [1.82, 2.24) is 4.98 Å². The molecule has 0 atom stereocenters. The molecule has 1 amide bonds. The number of thiazole rings is 1. The summed E-state index contributed by atoms with van der Waals surface area (Å²) in [7, 11) is 0. The zero-order valence-electron chi connectivity index (χ0n) is 17.1. The van der Waals surface area contributed by atoms with E-state index >= 15 is 0 Å². The minimum absolute atomic E-state index is 0.0336. The Morgan fingerprint density at radius 1 is 1.07 bits per heavy atom. The molecule has 0 aliphatic heterocycles. The van der Waals surface area contributed by atoms with Crippen molar-refractivity contribution in [2.45, 2.75) is 46.0 Å². The molecule has 29 heavy (non-hydrogen) atoms. The van der Waals surface area contributed by atoms with E-state index in [9.17, 15) is 4.79 Å². The highest BCUT2D eigenvalue weighted by Gasteiger charge is 2.10. The van der Waals surface area contributed by atoms with Crippen molar-refractivity contribution >= 4 is 22.9 Å². The number of aromatic nitrogens is 1. The quantitative estimate of drug-likeness (QED) is 0.403. The summed E-state index contributed by atoms with van der Waals surface area (Å²) in [5.74, 6) is -0.175. The number of amides is 1. The summed E-state index contributed by atoms with van der Waals surface area (Å²) in [6, 6.07) is 16.2. The third-order valence-corrected chi connectivity index (χ3v) is 5.71. The smallest absolute Gasteiger partial charge is 0.262 e. The predicted molar refractivity (Wildman–Crippen MR) is 121 cm³/mol. The summed E-state index contributed by atoms with van der Waals surface area (Å²) in [5, 5.41) is 4.42. The summed E-state index contributed by atoms with van der Waals surface area (Å²) in [6.45, 7) is 4.24. The monoisotopic (exact) mass is 408 g/mol. The summed E-state index contributed by atoms with van der Waals surface area (Å²) < 4.78 is 5.63. The van der Waals surface area contributed by atoms with Crippen molar-refractivity contribution in [1.29, 1.82) is 0 Å². The number of anilines is 1. The highest BCUT2D eigenvalue weighted by atomic mass is 32.1. The van der Waals surface area contributed by atoms with Crippen molar-refractivity contribution < 1.29 is 9.53 Å². The van der Waals surface area contributed by atoms with Crippen LogP contribution in [0.2, 0.25) is 0 Å². The van der Waals surface area contributed by atoms with Gasteiger partial charge < -0.3 is 10.1 Å². The first-order valence-corrected chi connectivity index (χ1v) is 11.0. The highest BCUT2D eigenvalue weighted by Crippen LogP contribution is 2.31. The van der Waals surface area contributed by atoms with E-state index in [-0.39, 0.29) is 12.5 Å². The molecule has 0 fully saturated rings. The van der Waals surface area contributed by atoms with Crippen LogP contribution in [0.15, 0.2) is 54.7 Å². The van der Waals surface area contributed by atoms with Gasteiger partial charge in [-0.2, -0.15) is 0 Å². The number of carbonyl (C=O) groups is 1. The maximum absolute atomic E-state index is 12.2. The number of ether oxygens (including phenoxy) is 1. The fourth-order valence-electron chi connectivity index (χ4n) is 3.11. The second-order valence-electron chi connectivity index (χ2n) is 7.14. The first-order valence-electron chi connectivity index (χ1n) is 10.2. The molecule has 1 aromatic heterocycles. The molecule has 1 N–H and O–H groups in total. The van der Waals surface area contributed by atoms with Crippen molar-refractivity contribution in [2.75, 3.05) is 11.9 Å². The van der Waals surface area contributed by atoms with Gasteiger partial charge in [0.1, 0.15) is 5.01 Å². The third kappa shape index (κ3) is 6.43. The van der Waals surface area contributed by atoms with E-state index in [1.165, 1.54) is 48.1 Å². The molecule has 2 aromatic carbocycles. The van der Waals surface area contributed by atoms with E-state index < -0.39 is 0 Å². The standard InChI is InChI=1S/C24H28N2O2S/c1-3-4-5-6-10-19-12-14-20(15-13-19)26-22(27)17-28-23-16-25-24(29-23)21-11-8-7-9-18(21)2/h7-9,11-16H,3-6,10,17H2,1-2H3,(H,26,27). The van der Waals surface area contributed by atoms with Gasteiger partial charge in [0.2, 0.25) is 0 Å². The molecule has 0 unspecified atom stereocenters. The van der Waals surface area contributed by atoms with Crippen molar-refractivity contribution in [2.24, 2.45) is 0 Å². The van der Waals surface area contributed by atoms with Crippen LogP contribution in [0.1, 0.15) is 43.7 Å². The maximum atomic E-state index is 12.2. The summed E-state index contributed by atoms with van der Waals surface area (Å²) in [5.41, 5.74) is 4.36. The molecule has 0 spiro atoms. The third-order valence-electron chi connectivity index (χ3n) is 4.76. The number of aryl methyl sites for hydroxylation is 2. The van der Waals surface area contributed by atoms with E-state index in [1.807, 2.05) is 30.3 Å². The summed E-state index contributed by atoms with van der Waals surface area (Å²) in [6.07, 6.45) is 7.79. The molecule has 0 bridgehead atoms. The lowest BCUT2D eigenvalue weighted by molar-refractivity contribution is -0.118. The molecule has 0 radical (unpaired) electrons. The van der Waals surface area contributed by atoms with Gasteiger partial charge in [0.05, 0.1) is 6.20 Å². The van der Waals surface area contributed by atoms with Gasteiger partial charge in [0.15, 0.2) is 11.7 Å². The Morgan fingerprint density at radius 2 is 1.86 bits per heavy atom. The fraction of sp³-hybridized carbons (Fsp3) is 0.333. The SMILES string of the molecule is CCCCCCc1ccc(NC(=O)COc2cnc(-c3ccccc3C)s2)cc1. The zero-order chi connectivity index (χ0) is 20.5. The Balaban J connectivity index is 1.46. The lowest BCUT2D eigenvalue weighted by atomic mass is 10.1. The van der Waals surface area contributed by atoms with Crippen LogP contribution in [0.5, 0.6) is 5.06 Å². The van der Waals surface area contributed by atoms with Gasteiger partial charge in [-0.1, -0.05) is 73.9 Å². The summed E-state index contributed by atoms with van der Waals surface area (Å²) in [4.78, 5) is 16.6. The number of unbranched alkanes of at least 4 members (excludes halogenated alkanes) is 3. The molecule has 1 heterocycles. The molecule has 3 aromatic rings. The van der Waals surface area contributed by atoms with Gasteiger partial charge in [-0.05, 0) is 43.0 Å². The molecule has 0 aliphatic carbocycles. The molecule has 0 saturated carbocycles. The summed E-state index contributed by atoms with van der Waals surface area (Å²) >= 11 is 1.45. The lowest BCUT2D eigenvalue weighted by Gasteiger charge is -2.07. The number of benzene rings is 2. The van der Waals surface area contributed by atoms with Gasteiger partial charge in [-0.3, -0.25) is 4.79 Å². The average Bonchev–Trinajstić information content (AvgIpc) is 3.20. The number of carbonyl (C=O) groups excluding carboxylic acids is 1. The van der Waals surface area contributed by atoms with Gasteiger partial charge in [-0.25, -0.2) is 4.98 Å². The topological polar surface area (TPSA) is 51.2 Å². The van der Waals surface area contributed by atoms with Crippen LogP contribution >= 0.6 is 11.3 Å². The first-order chi connectivity index (χ1) is 14.2. The number of hydrogen-bond donors (Lipinski definition) is 1. The Labute approximate surface area is 177 Å². The van der Waals surface area contributed by atoms with Crippen LogP contribution < -0.4 is 10.1 Å². The molecule has 152 valence electrons. The number of hydrogen-bond acceptors (Lipinski definition) is 4. The van der Waals surface area contributed by atoms with Gasteiger partial charge in [0, 0.05) is 11.3 Å². The molecule has 0 aliphatic rings. The Morgan fingerprint density at radius 3 is 2.62 bits per heavy atom. The minimum Gasteiger partial charge on any atom is -0.473 e. The van der Waals surface area contributed by atoms with E-state index in [2.05, 4.69) is 42.3 Å². The van der Waals surface area contributed by atoms with Crippen molar-refractivity contribution in [3.63, 3.8) is 0 Å². The number of nitrogens with zero attached hydrogens (tertiary/aromatic N) is 1. The van der Waals surface area contributed by atoms with Crippen LogP contribution in [-0.2, 0) is 11.2 Å². The molecular formula is C24H28N2O2S. The van der Waals surface area contributed by atoms with Crippen LogP contribution in [0, 0.1) is 6.92 Å². The molecule has 4 nitrogen and oxygen atoms in total. The van der Waals surface area contributed by atoms with E-state index in [0.717, 1.165) is 22.7 Å². The normalized spacial score (nSPS) is 10.7. The number of rotatable bonds is 10. The van der Waals surface area contributed by atoms with Crippen LogP contribution in [0.4, 0.5) is 5.69 Å². The van der Waals surface area contributed by atoms with Gasteiger partial charge >= 0.3 is 0 Å². The zero-order valence-corrected chi connectivity index (χ0v) is 17.9. The van der Waals surface area contributed by atoms with Crippen LogP contribution in [-0.4, -0.2) is 17.5 Å². The molecule has 3 rings (SSSR count). The van der Waals surface area contributed by atoms with Gasteiger partial charge in [-0.15, -0.1) is 0 Å². The Hall–Kier alpha value is -2.66. The minimum atomic E-state index is -0.175. The molecular weight excluding hydrogens is 380 g/mol. The largest absolute Gasteiger partial charge is 0.473 e. The first kappa shape index (κ1) is 21.1. The van der Waals surface area contributed by atoms with Gasteiger partial charge in [0.25, 0.3) is 5.91 Å². The lowest BCUT2D eigenvalue weighted by Crippen LogP contribution is -2.19. The molecule has 0 saturated heterocycles. The maximum Gasteiger partial charge on any atom is 0.262 e. The van der Waals surface area contributed by atoms with E-state index in [4.69, 9.17) is 4.74 Å². The average molecular weight is 409 g/mol. The number of nitrogens with one attached hydrogen (secondary N) is 1.